The van der Waals surface area contributed by atoms with Crippen LogP contribution >= 0.6 is 0 Å². The molecule has 13 heteroatoms. The van der Waals surface area contributed by atoms with Crippen LogP contribution in [0.1, 0.15) is 61.6 Å². The monoisotopic (exact) mass is 553 g/mol. The van der Waals surface area contributed by atoms with Crippen LogP contribution in [0.15, 0.2) is 12.7 Å². The largest absolute Gasteiger partial charge is 0.414 e. The van der Waals surface area contributed by atoms with Gasteiger partial charge in [0, 0.05) is 0 Å². The van der Waals surface area contributed by atoms with Crippen LogP contribution in [0.5, 0.6) is 0 Å². The highest BCUT2D eigenvalue weighted by atomic mass is 28.5. The summed E-state index contributed by atoms with van der Waals surface area (Å²) in [5, 5.41) is 9.62. The van der Waals surface area contributed by atoms with Crippen molar-refractivity contribution in [3.05, 3.63) is 12.7 Å². The molecule has 11 nitrogen and oxygen atoms in total. The van der Waals surface area contributed by atoms with E-state index in [4.69, 9.17) is 28.2 Å². The van der Waals surface area contributed by atoms with E-state index in [-0.39, 0.29) is 35.4 Å². The van der Waals surface area contributed by atoms with E-state index in [9.17, 15) is 5.11 Å². The van der Waals surface area contributed by atoms with E-state index in [2.05, 4.69) is 70.3 Å². The summed E-state index contributed by atoms with van der Waals surface area (Å²) < 4.78 is 36.1. The third kappa shape index (κ3) is 4.88. The minimum atomic E-state index is -2.88. The van der Waals surface area contributed by atoms with Gasteiger partial charge in [-0.3, -0.25) is 4.57 Å². The lowest BCUT2D eigenvalue weighted by atomic mass is 10.1. The lowest BCUT2D eigenvalue weighted by molar-refractivity contribution is -0.0747. The molecule has 4 heterocycles. The number of ether oxygens (including phenoxy) is 2. The third-order valence-corrected chi connectivity index (χ3v) is 17.9. The fourth-order valence-electron chi connectivity index (χ4n) is 5.77. The molecule has 0 unspecified atom stereocenters. The number of anilines is 1. The molecular formula is C24H43N5O6Si2. The maximum absolute atomic E-state index is 9.62. The van der Waals surface area contributed by atoms with E-state index >= 15 is 0 Å². The Kier molecular flexibility index (Phi) is 8.46. The smallest absolute Gasteiger partial charge is 0.335 e. The summed E-state index contributed by atoms with van der Waals surface area (Å²) in [6.45, 7) is 17.8. The predicted octanol–water partition coefficient (Wildman–Crippen LogP) is 3.64. The quantitative estimate of drug-likeness (QED) is 0.466. The molecule has 0 amide bonds. The van der Waals surface area contributed by atoms with E-state index < -0.39 is 41.7 Å². The van der Waals surface area contributed by atoms with Gasteiger partial charge < -0.3 is 33.3 Å². The van der Waals surface area contributed by atoms with Crippen molar-refractivity contribution in [2.45, 2.75) is 102 Å². The zero-order valence-corrected chi connectivity index (χ0v) is 25.2. The second kappa shape index (κ2) is 11.0. The number of fused-ring (bicyclic) bond motifs is 2. The summed E-state index contributed by atoms with van der Waals surface area (Å²) in [4.78, 5) is 12.9. The molecule has 3 N–H and O–H groups in total. The molecule has 208 valence electrons. The first kappa shape index (κ1) is 28.5. The Morgan fingerprint density at radius 1 is 1.03 bits per heavy atom. The molecule has 0 aliphatic carbocycles. The van der Waals surface area contributed by atoms with Gasteiger partial charge >= 0.3 is 17.1 Å². The highest BCUT2D eigenvalue weighted by Crippen LogP contribution is 2.49. The molecule has 2 aliphatic rings. The molecule has 37 heavy (non-hydrogen) atoms. The Bertz CT molecular complexity index is 1050. The topological polar surface area (TPSA) is 136 Å². The van der Waals surface area contributed by atoms with Crippen LogP contribution in [0, 0.1) is 0 Å². The normalized spacial score (nSPS) is 27.8. The highest BCUT2D eigenvalue weighted by molar-refractivity contribution is 6.84. The van der Waals surface area contributed by atoms with Gasteiger partial charge in [-0.15, -0.1) is 0 Å². The third-order valence-electron chi connectivity index (χ3n) is 7.68. The highest BCUT2D eigenvalue weighted by Gasteiger charge is 2.62. The van der Waals surface area contributed by atoms with Crippen LogP contribution < -0.4 is 5.73 Å². The Hall–Kier alpha value is -1.46. The van der Waals surface area contributed by atoms with E-state index in [0.29, 0.717) is 23.6 Å². The van der Waals surface area contributed by atoms with Crippen LogP contribution in [0.3, 0.4) is 0 Å². The van der Waals surface area contributed by atoms with Crippen molar-refractivity contribution >= 4 is 34.1 Å². The number of nitrogens with two attached hydrogens (primary N) is 1. The van der Waals surface area contributed by atoms with Crippen molar-refractivity contribution < 1.29 is 27.5 Å². The van der Waals surface area contributed by atoms with Crippen LogP contribution in [0.2, 0.25) is 22.2 Å². The lowest BCUT2D eigenvalue weighted by Crippen LogP contribution is -2.66. The number of imidazole rings is 1. The molecule has 4 rings (SSSR count). The van der Waals surface area contributed by atoms with E-state index in [0.717, 1.165) is 0 Å². The Morgan fingerprint density at radius 3 is 2.27 bits per heavy atom. The molecule has 0 radical (unpaired) electrons. The zero-order chi connectivity index (χ0) is 27.1. The van der Waals surface area contributed by atoms with E-state index in [1.807, 2.05) is 4.57 Å². The molecule has 0 spiro atoms. The van der Waals surface area contributed by atoms with Gasteiger partial charge in [-0.25, -0.2) is 15.0 Å². The van der Waals surface area contributed by atoms with Crippen molar-refractivity contribution in [3.8, 4) is 0 Å². The van der Waals surface area contributed by atoms with Gasteiger partial charge in [0.2, 0.25) is 0 Å². The molecule has 2 saturated heterocycles. The number of aliphatic hydroxyl groups excluding tert-OH is 1. The Labute approximate surface area is 221 Å². The number of nitrogen functional groups attached to an aromatic ring is 1. The lowest BCUT2D eigenvalue weighted by Gasteiger charge is -2.51. The first-order chi connectivity index (χ1) is 17.5. The minimum absolute atomic E-state index is 0.124. The summed E-state index contributed by atoms with van der Waals surface area (Å²) in [5.74, 6) is 0.296. The van der Waals surface area contributed by atoms with Gasteiger partial charge in [-0.1, -0.05) is 55.4 Å². The van der Waals surface area contributed by atoms with Crippen molar-refractivity contribution in [2.24, 2.45) is 0 Å². The first-order valence-corrected chi connectivity index (χ1v) is 17.3. The number of hydrogen-bond donors (Lipinski definition) is 2. The van der Waals surface area contributed by atoms with Crippen LogP contribution in [0.4, 0.5) is 5.82 Å². The van der Waals surface area contributed by atoms with E-state index in [1.165, 1.54) is 6.33 Å². The minimum Gasteiger partial charge on any atom is -0.414 e. The molecule has 2 fully saturated rings. The Morgan fingerprint density at radius 2 is 1.68 bits per heavy atom. The van der Waals surface area contributed by atoms with Gasteiger partial charge in [0.05, 0.1) is 26.1 Å². The summed E-state index contributed by atoms with van der Waals surface area (Å²) in [5.41, 5.74) is 7.88. The number of nitrogens with zero attached hydrogens (tertiary/aromatic N) is 4. The summed E-state index contributed by atoms with van der Waals surface area (Å²) in [7, 11) is -5.59. The number of aromatic nitrogens is 4. The average Bonchev–Trinajstić information content (AvgIpc) is 3.39. The standard InChI is InChI=1S/C24H43N5O6Si2/c1-14(2)36(15(3)4)32-11-18-20(34-37(35-36,16(5)6)17(7)8)21(31-10-9-30)24(33-18)29-13-28-19-22(25)26-12-27-23(19)29/h12-18,20-21,24,30H,9-11H2,1-8H3,(H2,25,26,27)/t18-,20-,21-,24-/m1/s1. The molecule has 4 atom stereocenters. The average molecular weight is 554 g/mol. The van der Waals surface area contributed by atoms with Gasteiger partial charge in [0.25, 0.3) is 0 Å². The van der Waals surface area contributed by atoms with Gasteiger partial charge in [-0.2, -0.15) is 0 Å². The maximum atomic E-state index is 9.62. The fraction of sp³-hybridized carbons (Fsp3) is 0.792. The Balaban J connectivity index is 1.82. The van der Waals surface area contributed by atoms with Gasteiger partial charge in [0.15, 0.2) is 17.7 Å². The number of aliphatic hydroxyl groups is 1. The summed E-state index contributed by atoms with van der Waals surface area (Å²) in [6, 6.07) is 0. The van der Waals surface area contributed by atoms with Crippen molar-refractivity contribution in [1.29, 1.82) is 0 Å². The fourth-order valence-corrected chi connectivity index (χ4v) is 17.0. The second-order valence-corrected chi connectivity index (χ2v) is 20.1. The molecule has 0 aromatic carbocycles. The predicted molar refractivity (Wildman–Crippen MR) is 144 cm³/mol. The van der Waals surface area contributed by atoms with Crippen LogP contribution in [-0.2, 0) is 22.4 Å². The van der Waals surface area contributed by atoms with Crippen molar-refractivity contribution in [1.82, 2.24) is 19.5 Å². The van der Waals surface area contributed by atoms with Gasteiger partial charge in [-0.05, 0) is 22.2 Å². The van der Waals surface area contributed by atoms with Gasteiger partial charge in [0.1, 0.15) is 30.2 Å². The second-order valence-electron chi connectivity index (χ2n) is 11.3. The van der Waals surface area contributed by atoms with Crippen LogP contribution in [0.25, 0.3) is 11.2 Å². The molecule has 2 aromatic heterocycles. The summed E-state index contributed by atoms with van der Waals surface area (Å²) in [6.07, 6.45) is 1.03. The maximum Gasteiger partial charge on any atom is 0.335 e. The molecule has 0 bridgehead atoms. The first-order valence-electron chi connectivity index (χ1n) is 13.3. The molecular weight excluding hydrogens is 510 g/mol. The van der Waals surface area contributed by atoms with E-state index in [1.54, 1.807) is 6.33 Å². The zero-order valence-electron chi connectivity index (χ0n) is 23.2. The van der Waals surface area contributed by atoms with Crippen molar-refractivity contribution in [3.63, 3.8) is 0 Å². The molecule has 0 saturated carbocycles. The molecule has 2 aliphatic heterocycles. The van der Waals surface area contributed by atoms with Crippen molar-refractivity contribution in [2.75, 3.05) is 25.6 Å². The molecule has 2 aromatic rings. The van der Waals surface area contributed by atoms with Crippen LogP contribution in [-0.4, -0.2) is 79.9 Å². The number of rotatable bonds is 8. The summed E-state index contributed by atoms with van der Waals surface area (Å²) >= 11 is 0. The SMILES string of the molecule is CC(C)[Si]1(C(C)C)OC[C@H]2O[C@@H](n3cnc4c(N)ncnc43)[C@H](OCCO)[C@@H]2O[Si](C(C)C)(C(C)C)O1. The number of hydrogen-bond acceptors (Lipinski definition) is 10.